The van der Waals surface area contributed by atoms with Crippen LogP contribution in [0, 0.1) is 0 Å². The van der Waals surface area contributed by atoms with Crippen molar-refractivity contribution in [3.05, 3.63) is 35.4 Å². The number of nitrogens with zero attached hydrogens (tertiary/aromatic N) is 2. The van der Waals surface area contributed by atoms with E-state index in [2.05, 4.69) is 10.2 Å². The fraction of sp³-hybridized carbons (Fsp3) is 0.333. The summed E-state index contributed by atoms with van der Waals surface area (Å²) in [6.07, 6.45) is -4.44. The first kappa shape index (κ1) is 16.1. The van der Waals surface area contributed by atoms with E-state index in [0.717, 1.165) is 23.5 Å². The van der Waals surface area contributed by atoms with Gasteiger partial charge in [-0.25, -0.2) is 0 Å². The number of aromatic nitrogens is 2. The van der Waals surface area contributed by atoms with E-state index in [0.29, 0.717) is 9.47 Å². The highest BCUT2D eigenvalue weighted by Gasteiger charge is 2.33. The SMILES string of the molecule is CC(O)(CSc1nnc(N)s1)c1cccc(C(F)(F)F)c1. The van der Waals surface area contributed by atoms with Crippen LogP contribution >= 0.6 is 23.1 Å². The van der Waals surface area contributed by atoms with Gasteiger partial charge in [0.25, 0.3) is 0 Å². The zero-order valence-corrected chi connectivity index (χ0v) is 12.5. The smallest absolute Gasteiger partial charge is 0.385 e. The molecule has 114 valence electrons. The minimum atomic E-state index is -4.44. The molecule has 0 amide bonds. The number of hydrogen-bond acceptors (Lipinski definition) is 6. The Kier molecular flexibility index (Phi) is 4.45. The molecule has 0 aliphatic carbocycles. The van der Waals surface area contributed by atoms with Gasteiger partial charge in [0.15, 0.2) is 4.34 Å². The lowest BCUT2D eigenvalue weighted by Gasteiger charge is -2.23. The zero-order chi connectivity index (χ0) is 15.7. The van der Waals surface area contributed by atoms with Crippen molar-refractivity contribution in [3.8, 4) is 0 Å². The molecular formula is C12H12F3N3OS2. The van der Waals surface area contributed by atoms with Crippen LogP contribution in [0.1, 0.15) is 18.1 Å². The fourth-order valence-corrected chi connectivity index (χ4v) is 3.28. The standard InChI is InChI=1S/C12H12F3N3OS2/c1-11(19,6-20-10-18-17-9(16)21-10)7-3-2-4-8(5-7)12(13,14)15/h2-5,19H,6H2,1H3,(H2,16,17). The normalized spacial score (nSPS) is 14.9. The van der Waals surface area contributed by atoms with Crippen molar-refractivity contribution in [1.82, 2.24) is 10.2 Å². The second-order valence-electron chi connectivity index (χ2n) is 4.55. The van der Waals surface area contributed by atoms with Gasteiger partial charge >= 0.3 is 6.18 Å². The number of aliphatic hydroxyl groups is 1. The molecule has 4 nitrogen and oxygen atoms in total. The largest absolute Gasteiger partial charge is 0.416 e. The molecule has 9 heteroatoms. The van der Waals surface area contributed by atoms with Crippen molar-refractivity contribution in [1.29, 1.82) is 0 Å². The number of thioether (sulfide) groups is 1. The highest BCUT2D eigenvalue weighted by atomic mass is 32.2. The van der Waals surface area contributed by atoms with Crippen LogP contribution in [0.15, 0.2) is 28.6 Å². The van der Waals surface area contributed by atoms with Gasteiger partial charge < -0.3 is 10.8 Å². The van der Waals surface area contributed by atoms with Gasteiger partial charge in [-0.3, -0.25) is 0 Å². The third kappa shape index (κ3) is 4.08. The summed E-state index contributed by atoms with van der Waals surface area (Å²) < 4.78 is 38.6. The first-order valence-electron chi connectivity index (χ1n) is 5.80. The Morgan fingerprint density at radius 2 is 1.95 bits per heavy atom. The third-order valence-corrected chi connectivity index (χ3v) is 4.90. The van der Waals surface area contributed by atoms with Crippen LogP contribution in [-0.2, 0) is 11.8 Å². The van der Waals surface area contributed by atoms with Crippen molar-refractivity contribution in [3.63, 3.8) is 0 Å². The minimum Gasteiger partial charge on any atom is -0.385 e. The van der Waals surface area contributed by atoms with E-state index >= 15 is 0 Å². The molecular weight excluding hydrogens is 323 g/mol. The van der Waals surface area contributed by atoms with Crippen molar-refractivity contribution < 1.29 is 18.3 Å². The van der Waals surface area contributed by atoms with E-state index in [-0.39, 0.29) is 11.3 Å². The molecule has 21 heavy (non-hydrogen) atoms. The predicted octanol–water partition coefficient (Wildman–Crippen LogP) is 3.14. The lowest BCUT2D eigenvalue weighted by Crippen LogP contribution is -2.25. The van der Waals surface area contributed by atoms with E-state index in [9.17, 15) is 18.3 Å². The Bertz CT molecular complexity index is 628. The fourth-order valence-electron chi connectivity index (χ4n) is 1.59. The molecule has 0 bridgehead atoms. The molecule has 2 aromatic rings. The number of halogens is 3. The van der Waals surface area contributed by atoms with Crippen molar-refractivity contribution in [2.45, 2.75) is 23.0 Å². The van der Waals surface area contributed by atoms with E-state index in [1.807, 2.05) is 0 Å². The maximum atomic E-state index is 12.7. The summed E-state index contributed by atoms with van der Waals surface area (Å²) in [5.41, 5.74) is 3.43. The highest BCUT2D eigenvalue weighted by molar-refractivity contribution is 8.01. The Morgan fingerprint density at radius 3 is 2.52 bits per heavy atom. The van der Waals surface area contributed by atoms with Crippen LogP contribution in [0.2, 0.25) is 0 Å². The quantitative estimate of drug-likeness (QED) is 0.840. The van der Waals surface area contributed by atoms with Gasteiger partial charge in [0.2, 0.25) is 5.13 Å². The Labute approximate surface area is 127 Å². The molecule has 3 N–H and O–H groups in total. The van der Waals surface area contributed by atoms with Gasteiger partial charge in [0.1, 0.15) is 0 Å². The number of hydrogen-bond donors (Lipinski definition) is 2. The van der Waals surface area contributed by atoms with Gasteiger partial charge in [-0.15, -0.1) is 10.2 Å². The molecule has 1 heterocycles. The summed E-state index contributed by atoms with van der Waals surface area (Å²) >= 11 is 2.35. The summed E-state index contributed by atoms with van der Waals surface area (Å²) in [6.45, 7) is 1.46. The maximum absolute atomic E-state index is 12.7. The topological polar surface area (TPSA) is 72.0 Å². The van der Waals surface area contributed by atoms with E-state index in [4.69, 9.17) is 5.73 Å². The van der Waals surface area contributed by atoms with Crippen LogP contribution in [0.5, 0.6) is 0 Å². The predicted molar refractivity (Wildman–Crippen MR) is 76.1 cm³/mol. The Morgan fingerprint density at radius 1 is 1.29 bits per heavy atom. The summed E-state index contributed by atoms with van der Waals surface area (Å²) in [5, 5.41) is 18.1. The number of benzene rings is 1. The number of alkyl halides is 3. The first-order valence-corrected chi connectivity index (χ1v) is 7.60. The van der Waals surface area contributed by atoms with E-state index in [1.54, 1.807) is 0 Å². The molecule has 2 rings (SSSR count). The third-order valence-electron chi connectivity index (χ3n) is 2.71. The molecule has 0 radical (unpaired) electrons. The number of anilines is 1. The first-order chi connectivity index (χ1) is 9.68. The van der Waals surface area contributed by atoms with Gasteiger partial charge in [-0.1, -0.05) is 35.2 Å². The molecule has 0 fully saturated rings. The maximum Gasteiger partial charge on any atom is 0.416 e. The van der Waals surface area contributed by atoms with E-state index in [1.165, 1.54) is 30.8 Å². The molecule has 0 spiro atoms. The second kappa shape index (κ2) is 5.82. The van der Waals surface area contributed by atoms with Gasteiger partial charge in [0.05, 0.1) is 11.2 Å². The zero-order valence-electron chi connectivity index (χ0n) is 10.9. The average Bonchev–Trinajstić information content (AvgIpc) is 2.82. The van der Waals surface area contributed by atoms with Crippen LogP contribution in [-0.4, -0.2) is 21.1 Å². The number of nitrogen functional groups attached to an aromatic ring is 1. The summed E-state index contributed by atoms with van der Waals surface area (Å²) in [7, 11) is 0. The van der Waals surface area contributed by atoms with E-state index < -0.39 is 17.3 Å². The number of rotatable bonds is 4. The Balaban J connectivity index is 2.15. The monoisotopic (exact) mass is 335 g/mol. The summed E-state index contributed by atoms with van der Waals surface area (Å²) in [6, 6.07) is 4.66. The van der Waals surface area contributed by atoms with Crippen LogP contribution in [0.3, 0.4) is 0 Å². The lowest BCUT2D eigenvalue weighted by molar-refractivity contribution is -0.137. The molecule has 1 aromatic carbocycles. The minimum absolute atomic E-state index is 0.142. The number of nitrogens with two attached hydrogens (primary N) is 1. The molecule has 0 saturated heterocycles. The Hall–Kier alpha value is -1.32. The molecule has 0 aliphatic heterocycles. The van der Waals surface area contributed by atoms with Crippen molar-refractivity contribution >= 4 is 28.2 Å². The van der Waals surface area contributed by atoms with Crippen LogP contribution in [0.4, 0.5) is 18.3 Å². The highest BCUT2D eigenvalue weighted by Crippen LogP contribution is 2.35. The molecule has 0 saturated carbocycles. The molecule has 1 unspecified atom stereocenters. The van der Waals surface area contributed by atoms with Gasteiger partial charge in [-0.2, -0.15) is 13.2 Å². The van der Waals surface area contributed by atoms with Crippen molar-refractivity contribution in [2.75, 3.05) is 11.5 Å². The molecule has 0 aliphatic rings. The van der Waals surface area contributed by atoms with Crippen LogP contribution in [0.25, 0.3) is 0 Å². The second-order valence-corrected chi connectivity index (χ2v) is 6.78. The summed E-state index contributed by atoms with van der Waals surface area (Å²) in [4.78, 5) is 0. The molecule has 1 atom stereocenters. The van der Waals surface area contributed by atoms with Crippen LogP contribution < -0.4 is 5.73 Å². The van der Waals surface area contributed by atoms with Gasteiger partial charge in [-0.05, 0) is 24.6 Å². The van der Waals surface area contributed by atoms with Gasteiger partial charge in [0, 0.05) is 5.75 Å². The van der Waals surface area contributed by atoms with Crippen molar-refractivity contribution in [2.24, 2.45) is 0 Å². The molecule has 1 aromatic heterocycles. The average molecular weight is 335 g/mol. The lowest BCUT2D eigenvalue weighted by atomic mass is 9.96. The summed E-state index contributed by atoms with van der Waals surface area (Å²) in [5.74, 6) is 0.142.